The summed E-state index contributed by atoms with van der Waals surface area (Å²) in [5.41, 5.74) is 0.780. The zero-order chi connectivity index (χ0) is 29.8. The fourth-order valence-corrected chi connectivity index (χ4v) is 6.37. The van der Waals surface area contributed by atoms with Crippen molar-refractivity contribution in [1.29, 1.82) is 0 Å². The molecule has 1 unspecified atom stereocenters. The molecule has 10 nitrogen and oxygen atoms in total. The lowest BCUT2D eigenvalue weighted by Crippen LogP contribution is -2.57. The van der Waals surface area contributed by atoms with Crippen molar-refractivity contribution in [3.8, 4) is 5.75 Å². The van der Waals surface area contributed by atoms with E-state index in [0.717, 1.165) is 28.4 Å². The number of ether oxygens (including phenoxy) is 3. The molecule has 0 bridgehead atoms. The zero-order valence-electron chi connectivity index (χ0n) is 23.8. The Hall–Kier alpha value is -3.06. The van der Waals surface area contributed by atoms with Crippen LogP contribution in [0.2, 0.25) is 0 Å². The number of benzene rings is 2. The number of sulfonamides is 1. The van der Waals surface area contributed by atoms with Crippen LogP contribution in [-0.4, -0.2) is 83.2 Å². The van der Waals surface area contributed by atoms with E-state index in [1.54, 1.807) is 26.2 Å². The van der Waals surface area contributed by atoms with Crippen LogP contribution in [0.15, 0.2) is 53.4 Å². The van der Waals surface area contributed by atoms with Crippen LogP contribution < -0.4 is 15.4 Å². The number of rotatable bonds is 15. The van der Waals surface area contributed by atoms with Crippen molar-refractivity contribution in [1.82, 2.24) is 14.9 Å². The van der Waals surface area contributed by atoms with Crippen LogP contribution in [0.4, 0.5) is 4.39 Å². The maximum Gasteiger partial charge on any atom is 0.243 e. The second-order valence-electron chi connectivity index (χ2n) is 10.1. The van der Waals surface area contributed by atoms with Gasteiger partial charge in [-0.1, -0.05) is 24.6 Å². The van der Waals surface area contributed by atoms with Gasteiger partial charge in [0, 0.05) is 46.3 Å². The summed E-state index contributed by atoms with van der Waals surface area (Å²) >= 11 is 0. The van der Waals surface area contributed by atoms with Gasteiger partial charge in [0.15, 0.2) is 0 Å². The molecule has 2 aromatic carbocycles. The van der Waals surface area contributed by atoms with Crippen LogP contribution in [0, 0.1) is 5.82 Å². The lowest BCUT2D eigenvalue weighted by atomic mass is 10.0. The summed E-state index contributed by atoms with van der Waals surface area (Å²) in [6.07, 6.45) is 2.41. The van der Waals surface area contributed by atoms with Gasteiger partial charge >= 0.3 is 0 Å². The van der Waals surface area contributed by atoms with Gasteiger partial charge in [0.05, 0.1) is 18.1 Å². The molecule has 1 heterocycles. The quantitative estimate of drug-likeness (QED) is 0.305. The summed E-state index contributed by atoms with van der Waals surface area (Å²) in [5.74, 6) is -1.01. The highest BCUT2D eigenvalue weighted by molar-refractivity contribution is 7.89. The van der Waals surface area contributed by atoms with Crippen molar-refractivity contribution in [3.05, 3.63) is 59.9 Å². The molecule has 0 saturated carbocycles. The van der Waals surface area contributed by atoms with E-state index in [-0.39, 0.29) is 36.9 Å². The summed E-state index contributed by atoms with van der Waals surface area (Å²) < 4.78 is 57.6. The normalized spacial score (nSPS) is 17.4. The van der Waals surface area contributed by atoms with E-state index in [9.17, 15) is 22.4 Å². The number of nitrogens with zero attached hydrogens (tertiary/aromatic N) is 1. The number of hydrogen-bond donors (Lipinski definition) is 2. The van der Waals surface area contributed by atoms with Crippen molar-refractivity contribution in [2.24, 2.45) is 0 Å². The second kappa shape index (κ2) is 15.8. The van der Waals surface area contributed by atoms with Gasteiger partial charge in [0.25, 0.3) is 0 Å². The molecule has 2 amide bonds. The molecule has 1 aliphatic rings. The van der Waals surface area contributed by atoms with Gasteiger partial charge in [-0.2, -0.15) is 4.31 Å². The fourth-order valence-electron chi connectivity index (χ4n) is 4.68. The maximum absolute atomic E-state index is 13.8. The molecule has 2 aromatic rings. The Labute approximate surface area is 241 Å². The standard InChI is InChI=1S/C29H40FN3O7S/c1-21(20-39-3)31-28(34)26(18-22-11-13-24(14-12-22)40-17-7-16-38-2)32-29(35)27-10-4-5-15-33(27)41(36,37)25-9-6-8-23(30)19-25/h6,8-9,11-14,19,21,26-27H,4-5,7,10,15-18,20H2,1-3H3,(H,31,34)(H,32,35)/t21-,26-,27?/m0/s1. The smallest absolute Gasteiger partial charge is 0.243 e. The van der Waals surface area contributed by atoms with Crippen LogP contribution in [0.5, 0.6) is 5.75 Å². The van der Waals surface area contributed by atoms with Crippen molar-refractivity contribution >= 4 is 21.8 Å². The van der Waals surface area contributed by atoms with E-state index in [1.807, 2.05) is 12.1 Å². The molecule has 3 rings (SSSR count). The Morgan fingerprint density at radius 2 is 1.80 bits per heavy atom. The van der Waals surface area contributed by atoms with Crippen LogP contribution in [0.1, 0.15) is 38.2 Å². The third-order valence-electron chi connectivity index (χ3n) is 6.72. The number of nitrogens with one attached hydrogen (secondary N) is 2. The van der Waals surface area contributed by atoms with Crippen LogP contribution in [0.25, 0.3) is 0 Å². The molecule has 41 heavy (non-hydrogen) atoms. The first-order valence-electron chi connectivity index (χ1n) is 13.7. The Kier molecular flexibility index (Phi) is 12.5. The average Bonchev–Trinajstić information content (AvgIpc) is 2.96. The largest absolute Gasteiger partial charge is 0.494 e. The van der Waals surface area contributed by atoms with E-state index in [2.05, 4.69) is 10.6 Å². The molecule has 1 saturated heterocycles. The molecule has 226 valence electrons. The van der Waals surface area contributed by atoms with E-state index in [4.69, 9.17) is 14.2 Å². The van der Waals surface area contributed by atoms with Gasteiger partial charge in [-0.3, -0.25) is 9.59 Å². The summed E-state index contributed by atoms with van der Waals surface area (Å²) in [7, 11) is -0.987. The third kappa shape index (κ3) is 9.49. The van der Waals surface area contributed by atoms with E-state index in [0.29, 0.717) is 31.8 Å². The molecule has 0 spiro atoms. The summed E-state index contributed by atoms with van der Waals surface area (Å²) in [4.78, 5) is 26.6. The summed E-state index contributed by atoms with van der Waals surface area (Å²) in [5, 5.41) is 5.64. The SMILES string of the molecule is COCCCOc1ccc(C[C@H](NC(=O)C2CCCCN2S(=O)(=O)c2cccc(F)c2)C(=O)N[C@@H](C)COC)cc1. The zero-order valence-corrected chi connectivity index (χ0v) is 24.6. The van der Waals surface area contributed by atoms with E-state index in [1.165, 1.54) is 19.2 Å². The number of amides is 2. The molecule has 12 heteroatoms. The number of hydrogen-bond acceptors (Lipinski definition) is 7. The molecule has 2 N–H and O–H groups in total. The highest BCUT2D eigenvalue weighted by atomic mass is 32.2. The Morgan fingerprint density at radius 3 is 2.49 bits per heavy atom. The Balaban J connectivity index is 1.78. The van der Waals surface area contributed by atoms with Crippen molar-refractivity contribution in [3.63, 3.8) is 0 Å². The molecular weight excluding hydrogens is 553 g/mol. The van der Waals surface area contributed by atoms with Gasteiger partial charge in [-0.15, -0.1) is 0 Å². The number of halogens is 1. The van der Waals surface area contributed by atoms with Gasteiger partial charge in [-0.25, -0.2) is 12.8 Å². The molecule has 0 radical (unpaired) electrons. The first kappa shape index (κ1) is 32.5. The third-order valence-corrected chi connectivity index (χ3v) is 8.63. The van der Waals surface area contributed by atoms with Gasteiger partial charge in [0.1, 0.15) is 23.7 Å². The topological polar surface area (TPSA) is 123 Å². The summed E-state index contributed by atoms with van der Waals surface area (Å²) in [6.45, 7) is 3.28. The molecule has 1 aliphatic heterocycles. The molecule has 1 fully saturated rings. The predicted molar refractivity (Wildman–Crippen MR) is 151 cm³/mol. The van der Waals surface area contributed by atoms with Crippen LogP contribution >= 0.6 is 0 Å². The minimum absolute atomic E-state index is 0.116. The first-order valence-corrected chi connectivity index (χ1v) is 15.2. The lowest BCUT2D eigenvalue weighted by Gasteiger charge is -2.34. The molecular formula is C29H40FN3O7S. The molecule has 0 aromatic heterocycles. The average molecular weight is 594 g/mol. The number of carbonyl (C=O) groups is 2. The lowest BCUT2D eigenvalue weighted by molar-refractivity contribution is -0.132. The van der Waals surface area contributed by atoms with E-state index >= 15 is 0 Å². The number of methoxy groups -OCH3 is 2. The van der Waals surface area contributed by atoms with Gasteiger partial charge in [0.2, 0.25) is 21.8 Å². The van der Waals surface area contributed by atoms with Gasteiger partial charge < -0.3 is 24.8 Å². The van der Waals surface area contributed by atoms with Crippen molar-refractivity contribution in [2.45, 2.75) is 62.0 Å². The summed E-state index contributed by atoms with van der Waals surface area (Å²) in [6, 6.07) is 9.62. The van der Waals surface area contributed by atoms with Gasteiger partial charge in [-0.05, 0) is 55.7 Å². The molecule has 3 atom stereocenters. The predicted octanol–water partition coefficient (Wildman–Crippen LogP) is 2.66. The highest BCUT2D eigenvalue weighted by Crippen LogP contribution is 2.26. The highest BCUT2D eigenvalue weighted by Gasteiger charge is 2.39. The first-order chi connectivity index (χ1) is 19.6. The van der Waals surface area contributed by atoms with Crippen LogP contribution in [-0.2, 0) is 35.5 Å². The number of carbonyl (C=O) groups excluding carboxylic acids is 2. The minimum Gasteiger partial charge on any atom is -0.494 e. The second-order valence-corrected chi connectivity index (χ2v) is 11.9. The van der Waals surface area contributed by atoms with Crippen molar-refractivity contribution < 1.29 is 36.6 Å². The van der Waals surface area contributed by atoms with Crippen LogP contribution in [0.3, 0.4) is 0 Å². The molecule has 0 aliphatic carbocycles. The maximum atomic E-state index is 13.8. The fraction of sp³-hybridized carbons (Fsp3) is 0.517. The van der Waals surface area contributed by atoms with Crippen molar-refractivity contribution in [2.75, 3.05) is 40.6 Å². The number of piperidine rings is 1. The monoisotopic (exact) mass is 593 g/mol. The minimum atomic E-state index is -4.14. The van der Waals surface area contributed by atoms with E-state index < -0.39 is 39.7 Å². The Bertz CT molecular complexity index is 1240. The Morgan fingerprint density at radius 1 is 1.05 bits per heavy atom.